The summed E-state index contributed by atoms with van der Waals surface area (Å²) in [6.45, 7) is 4.20. The molecule has 1 amide bonds. The number of unbranched alkanes of at least 4 members (excludes halogenated alkanes) is 1. The molecule has 1 aliphatic rings. The molecule has 0 radical (unpaired) electrons. The van der Waals surface area contributed by atoms with E-state index in [1.807, 2.05) is 31.4 Å². The summed E-state index contributed by atoms with van der Waals surface area (Å²) < 4.78 is 0. The fourth-order valence-electron chi connectivity index (χ4n) is 2.07. The third-order valence-corrected chi connectivity index (χ3v) is 3.25. The van der Waals surface area contributed by atoms with Crippen LogP contribution in [0.15, 0.2) is 12.4 Å². The number of hydrogen-bond donors (Lipinski definition) is 2. The van der Waals surface area contributed by atoms with Crippen LogP contribution < -0.4 is 11.2 Å². The van der Waals surface area contributed by atoms with E-state index in [2.05, 4.69) is 17.2 Å². The summed E-state index contributed by atoms with van der Waals surface area (Å²) in [5.74, 6) is -0.0988. The minimum absolute atomic E-state index is 0.0988. The van der Waals surface area contributed by atoms with Gasteiger partial charge in [0.2, 0.25) is 0 Å². The molecule has 5 nitrogen and oxygen atoms in total. The molecule has 0 aliphatic carbocycles. The summed E-state index contributed by atoms with van der Waals surface area (Å²) in [5, 5.41) is 1.87. The molecular weight excluding hydrogens is 228 g/mol. The van der Waals surface area contributed by atoms with Crippen LogP contribution in [0.3, 0.4) is 0 Å². The van der Waals surface area contributed by atoms with Gasteiger partial charge in [0, 0.05) is 19.4 Å². The summed E-state index contributed by atoms with van der Waals surface area (Å²) in [4.78, 5) is 14.0. The average molecular weight is 254 g/mol. The van der Waals surface area contributed by atoms with Crippen molar-refractivity contribution in [1.29, 1.82) is 0 Å². The standard InChI is InChI=1S/C13H26N4O/c1-4-6-8-12-16(3)9-10-17(12)15-13(18)11(14)7-5-2/h9-12H,4-8,14H2,1-3H3,(H,15,18)/t11-,12?/m0/s1. The van der Waals surface area contributed by atoms with Gasteiger partial charge in [0.05, 0.1) is 6.04 Å². The zero-order valence-electron chi connectivity index (χ0n) is 11.7. The molecule has 0 bridgehead atoms. The molecule has 0 spiro atoms. The minimum atomic E-state index is -0.416. The Labute approximate surface area is 110 Å². The van der Waals surface area contributed by atoms with Crippen LogP contribution in [-0.4, -0.2) is 35.1 Å². The summed E-state index contributed by atoms with van der Waals surface area (Å²) in [6.07, 6.45) is 9.06. The number of carbonyl (C=O) groups excluding carboxylic acids is 1. The summed E-state index contributed by atoms with van der Waals surface area (Å²) in [7, 11) is 2.02. The van der Waals surface area contributed by atoms with Crippen molar-refractivity contribution >= 4 is 5.91 Å². The maximum atomic E-state index is 11.9. The third-order valence-electron chi connectivity index (χ3n) is 3.25. The maximum Gasteiger partial charge on any atom is 0.255 e. The van der Waals surface area contributed by atoms with Gasteiger partial charge in [-0.25, -0.2) is 0 Å². The lowest BCUT2D eigenvalue weighted by Crippen LogP contribution is -2.52. The molecule has 2 atom stereocenters. The highest BCUT2D eigenvalue weighted by Crippen LogP contribution is 2.17. The highest BCUT2D eigenvalue weighted by atomic mass is 16.2. The zero-order chi connectivity index (χ0) is 13.5. The monoisotopic (exact) mass is 254 g/mol. The number of nitrogens with zero attached hydrogens (tertiary/aromatic N) is 2. The quantitative estimate of drug-likeness (QED) is 0.720. The lowest BCUT2D eigenvalue weighted by Gasteiger charge is -2.31. The van der Waals surface area contributed by atoms with Crippen LogP contribution in [0.5, 0.6) is 0 Å². The van der Waals surface area contributed by atoms with E-state index in [1.54, 1.807) is 0 Å². The Morgan fingerprint density at radius 2 is 2.11 bits per heavy atom. The lowest BCUT2D eigenvalue weighted by atomic mass is 10.2. The van der Waals surface area contributed by atoms with Gasteiger partial charge >= 0.3 is 0 Å². The number of nitrogens with one attached hydrogen (secondary N) is 1. The molecule has 5 heteroatoms. The maximum absolute atomic E-state index is 11.9. The molecule has 1 aliphatic heterocycles. The largest absolute Gasteiger partial charge is 0.358 e. The minimum Gasteiger partial charge on any atom is -0.358 e. The number of amides is 1. The SMILES string of the molecule is CCCCC1N(C)C=CN1NC(=O)[C@@H](N)CCC. The van der Waals surface area contributed by atoms with Crippen molar-refractivity contribution < 1.29 is 4.79 Å². The van der Waals surface area contributed by atoms with Crippen molar-refractivity contribution in [3.8, 4) is 0 Å². The molecule has 0 aromatic heterocycles. The second kappa shape index (κ2) is 7.26. The normalized spacial score (nSPS) is 20.3. The van der Waals surface area contributed by atoms with E-state index >= 15 is 0 Å². The highest BCUT2D eigenvalue weighted by molar-refractivity contribution is 5.81. The lowest BCUT2D eigenvalue weighted by molar-refractivity contribution is -0.127. The molecule has 0 saturated carbocycles. The Balaban J connectivity index is 2.49. The smallest absolute Gasteiger partial charge is 0.255 e. The first-order chi connectivity index (χ1) is 8.60. The van der Waals surface area contributed by atoms with Gasteiger partial charge in [-0.05, 0) is 19.3 Å². The summed E-state index contributed by atoms with van der Waals surface area (Å²) in [6, 6.07) is -0.416. The van der Waals surface area contributed by atoms with Gasteiger partial charge in [0.15, 0.2) is 0 Å². The van der Waals surface area contributed by atoms with E-state index in [0.29, 0.717) is 0 Å². The molecule has 3 N–H and O–H groups in total. The van der Waals surface area contributed by atoms with Crippen molar-refractivity contribution in [3.05, 3.63) is 12.4 Å². The van der Waals surface area contributed by atoms with E-state index in [-0.39, 0.29) is 12.1 Å². The molecule has 1 heterocycles. The van der Waals surface area contributed by atoms with E-state index < -0.39 is 6.04 Å². The second-order valence-electron chi connectivity index (χ2n) is 4.86. The predicted octanol–water partition coefficient (Wildman–Crippen LogP) is 1.38. The molecular formula is C13H26N4O. The van der Waals surface area contributed by atoms with Crippen LogP contribution in [0.1, 0.15) is 46.0 Å². The van der Waals surface area contributed by atoms with Gasteiger partial charge in [0.1, 0.15) is 6.17 Å². The topological polar surface area (TPSA) is 61.6 Å². The first-order valence-electron chi connectivity index (χ1n) is 6.84. The molecule has 1 rings (SSSR count). The first-order valence-corrected chi connectivity index (χ1v) is 6.84. The Hall–Kier alpha value is -1.23. The second-order valence-corrected chi connectivity index (χ2v) is 4.86. The molecule has 104 valence electrons. The van der Waals surface area contributed by atoms with Crippen LogP contribution in [0.25, 0.3) is 0 Å². The van der Waals surface area contributed by atoms with Crippen LogP contribution in [0.2, 0.25) is 0 Å². The Bertz CT molecular complexity index is 293. The fraction of sp³-hybridized carbons (Fsp3) is 0.769. The summed E-state index contributed by atoms with van der Waals surface area (Å²) in [5.41, 5.74) is 8.70. The van der Waals surface area contributed by atoms with Crippen molar-refractivity contribution in [3.63, 3.8) is 0 Å². The van der Waals surface area contributed by atoms with Gasteiger partial charge in [-0.1, -0.05) is 26.7 Å². The highest BCUT2D eigenvalue weighted by Gasteiger charge is 2.25. The van der Waals surface area contributed by atoms with Gasteiger partial charge in [0.25, 0.3) is 5.91 Å². The molecule has 0 aromatic carbocycles. The third kappa shape index (κ3) is 3.91. The first kappa shape index (κ1) is 14.8. The number of hydrazine groups is 1. The van der Waals surface area contributed by atoms with E-state index in [9.17, 15) is 4.79 Å². The van der Waals surface area contributed by atoms with Crippen molar-refractivity contribution in [2.75, 3.05) is 7.05 Å². The van der Waals surface area contributed by atoms with Crippen LogP contribution in [0, 0.1) is 0 Å². The van der Waals surface area contributed by atoms with Gasteiger partial charge < -0.3 is 10.6 Å². The molecule has 0 saturated heterocycles. The number of rotatable bonds is 7. The van der Waals surface area contributed by atoms with Crippen molar-refractivity contribution in [1.82, 2.24) is 15.3 Å². The molecule has 1 unspecified atom stereocenters. The number of hydrogen-bond acceptors (Lipinski definition) is 4. The zero-order valence-corrected chi connectivity index (χ0v) is 11.7. The Morgan fingerprint density at radius 1 is 1.39 bits per heavy atom. The Kier molecular flexibility index (Phi) is 5.98. The molecule has 0 fully saturated rings. The number of carbonyl (C=O) groups is 1. The van der Waals surface area contributed by atoms with Gasteiger partial charge in [-0.15, -0.1) is 0 Å². The van der Waals surface area contributed by atoms with Gasteiger partial charge in [-0.2, -0.15) is 0 Å². The molecule has 0 aromatic rings. The summed E-state index contributed by atoms with van der Waals surface area (Å²) >= 11 is 0. The molecule has 18 heavy (non-hydrogen) atoms. The van der Waals surface area contributed by atoms with E-state index in [4.69, 9.17) is 5.73 Å². The van der Waals surface area contributed by atoms with Gasteiger partial charge in [-0.3, -0.25) is 15.2 Å². The van der Waals surface area contributed by atoms with Crippen LogP contribution in [-0.2, 0) is 4.79 Å². The van der Waals surface area contributed by atoms with Crippen molar-refractivity contribution in [2.24, 2.45) is 5.73 Å². The predicted molar refractivity (Wildman–Crippen MR) is 73.1 cm³/mol. The fourth-order valence-corrected chi connectivity index (χ4v) is 2.07. The Morgan fingerprint density at radius 3 is 2.72 bits per heavy atom. The van der Waals surface area contributed by atoms with Crippen molar-refractivity contribution in [2.45, 2.75) is 58.2 Å². The van der Waals surface area contributed by atoms with Crippen LogP contribution >= 0.6 is 0 Å². The van der Waals surface area contributed by atoms with E-state index in [1.165, 1.54) is 0 Å². The van der Waals surface area contributed by atoms with Crippen LogP contribution in [0.4, 0.5) is 0 Å². The number of nitrogens with two attached hydrogens (primary N) is 1. The van der Waals surface area contributed by atoms with E-state index in [0.717, 1.165) is 32.1 Å². The average Bonchev–Trinajstić information content (AvgIpc) is 2.68.